The Bertz CT molecular complexity index is 424. The predicted octanol–water partition coefficient (Wildman–Crippen LogP) is 3.32. The fourth-order valence-corrected chi connectivity index (χ4v) is 2.93. The Balaban J connectivity index is 2.11. The number of rotatable bonds is 2. The topological polar surface area (TPSA) is 29.3 Å². The molecule has 3 atom stereocenters. The standard InChI is InChI=1S/C14H20BrFN2/c1-9-8-18(6-5-14(9)17)10(2)11-3-4-13(16)12(15)7-11/h3-4,7,9-10,14H,5-6,8,17H2,1-2H3. The van der Waals surface area contributed by atoms with Gasteiger partial charge >= 0.3 is 0 Å². The van der Waals surface area contributed by atoms with Crippen LogP contribution in [0.25, 0.3) is 0 Å². The fraction of sp³-hybridized carbons (Fsp3) is 0.571. The highest BCUT2D eigenvalue weighted by Crippen LogP contribution is 2.28. The van der Waals surface area contributed by atoms with Gasteiger partial charge in [0.1, 0.15) is 5.82 Å². The number of halogens is 2. The zero-order valence-electron chi connectivity index (χ0n) is 10.9. The summed E-state index contributed by atoms with van der Waals surface area (Å²) in [5.41, 5.74) is 7.18. The minimum absolute atomic E-state index is 0.208. The van der Waals surface area contributed by atoms with Gasteiger partial charge in [-0.05, 0) is 52.9 Å². The first-order valence-electron chi connectivity index (χ1n) is 6.43. The molecule has 0 bridgehead atoms. The first-order chi connectivity index (χ1) is 8.49. The molecule has 1 aromatic carbocycles. The van der Waals surface area contributed by atoms with E-state index in [1.165, 1.54) is 6.07 Å². The molecule has 0 aromatic heterocycles. The van der Waals surface area contributed by atoms with Gasteiger partial charge in [-0.3, -0.25) is 4.90 Å². The Morgan fingerprint density at radius 1 is 1.50 bits per heavy atom. The average molecular weight is 315 g/mol. The molecule has 0 saturated carbocycles. The molecule has 0 spiro atoms. The maximum atomic E-state index is 13.2. The highest BCUT2D eigenvalue weighted by atomic mass is 79.9. The largest absolute Gasteiger partial charge is 0.327 e. The summed E-state index contributed by atoms with van der Waals surface area (Å²) in [6.07, 6.45) is 1.04. The van der Waals surface area contributed by atoms with Crippen molar-refractivity contribution in [1.29, 1.82) is 0 Å². The van der Waals surface area contributed by atoms with Crippen LogP contribution in [0.1, 0.15) is 31.9 Å². The van der Waals surface area contributed by atoms with E-state index in [1.54, 1.807) is 0 Å². The van der Waals surface area contributed by atoms with Crippen LogP contribution in [0.15, 0.2) is 22.7 Å². The number of benzene rings is 1. The van der Waals surface area contributed by atoms with Crippen molar-refractivity contribution in [2.45, 2.75) is 32.4 Å². The third kappa shape index (κ3) is 2.92. The van der Waals surface area contributed by atoms with Gasteiger partial charge in [-0.1, -0.05) is 13.0 Å². The second kappa shape index (κ2) is 5.68. The number of nitrogens with zero attached hydrogens (tertiary/aromatic N) is 1. The van der Waals surface area contributed by atoms with Gasteiger partial charge in [0.15, 0.2) is 0 Å². The Morgan fingerprint density at radius 3 is 2.83 bits per heavy atom. The van der Waals surface area contributed by atoms with Crippen molar-refractivity contribution < 1.29 is 4.39 Å². The molecule has 18 heavy (non-hydrogen) atoms. The van der Waals surface area contributed by atoms with Crippen LogP contribution in [0, 0.1) is 11.7 Å². The summed E-state index contributed by atoms with van der Waals surface area (Å²) in [5.74, 6) is 0.310. The van der Waals surface area contributed by atoms with Crippen LogP contribution in [0.4, 0.5) is 4.39 Å². The van der Waals surface area contributed by atoms with Gasteiger partial charge in [-0.25, -0.2) is 4.39 Å². The lowest BCUT2D eigenvalue weighted by Gasteiger charge is -2.39. The molecular formula is C14H20BrFN2. The molecule has 3 unspecified atom stereocenters. The van der Waals surface area contributed by atoms with Crippen LogP contribution in [0.2, 0.25) is 0 Å². The number of piperidine rings is 1. The lowest BCUT2D eigenvalue weighted by atomic mass is 9.92. The van der Waals surface area contributed by atoms with Crippen molar-refractivity contribution in [2.75, 3.05) is 13.1 Å². The minimum Gasteiger partial charge on any atom is -0.327 e. The Labute approximate surface area is 116 Å². The molecule has 0 aliphatic carbocycles. The Kier molecular flexibility index (Phi) is 4.41. The molecule has 2 N–H and O–H groups in total. The molecule has 4 heteroatoms. The zero-order valence-corrected chi connectivity index (χ0v) is 12.5. The highest BCUT2D eigenvalue weighted by Gasteiger charge is 2.26. The van der Waals surface area contributed by atoms with Crippen LogP contribution in [0.5, 0.6) is 0 Å². The van der Waals surface area contributed by atoms with E-state index >= 15 is 0 Å². The van der Waals surface area contributed by atoms with E-state index in [0.29, 0.717) is 22.5 Å². The van der Waals surface area contributed by atoms with E-state index < -0.39 is 0 Å². The lowest BCUT2D eigenvalue weighted by Crippen LogP contribution is -2.46. The van der Waals surface area contributed by atoms with Crippen molar-refractivity contribution in [3.8, 4) is 0 Å². The molecule has 0 radical (unpaired) electrons. The Morgan fingerprint density at radius 2 is 2.22 bits per heavy atom. The first kappa shape index (κ1) is 14.0. The Hall–Kier alpha value is -0.450. The summed E-state index contributed by atoms with van der Waals surface area (Å²) in [7, 11) is 0. The normalized spacial score (nSPS) is 27.2. The minimum atomic E-state index is -0.208. The van der Waals surface area contributed by atoms with E-state index in [2.05, 4.69) is 34.7 Å². The van der Waals surface area contributed by atoms with Crippen molar-refractivity contribution in [1.82, 2.24) is 4.90 Å². The van der Waals surface area contributed by atoms with E-state index in [9.17, 15) is 4.39 Å². The summed E-state index contributed by atoms with van der Waals surface area (Å²) in [4.78, 5) is 2.42. The summed E-state index contributed by atoms with van der Waals surface area (Å²) in [5, 5.41) is 0. The molecule has 100 valence electrons. The molecular weight excluding hydrogens is 295 g/mol. The SMILES string of the molecule is CC1CN(C(C)c2ccc(F)c(Br)c2)CCC1N. The number of hydrogen-bond donors (Lipinski definition) is 1. The smallest absolute Gasteiger partial charge is 0.137 e. The van der Waals surface area contributed by atoms with Crippen molar-refractivity contribution in [2.24, 2.45) is 11.7 Å². The molecule has 1 aliphatic heterocycles. The molecule has 1 aliphatic rings. The van der Waals surface area contributed by atoms with Crippen LogP contribution < -0.4 is 5.73 Å². The third-order valence-corrected chi connectivity index (χ3v) is 4.58. The first-order valence-corrected chi connectivity index (χ1v) is 7.23. The van der Waals surface area contributed by atoms with Gasteiger partial charge in [0.2, 0.25) is 0 Å². The maximum absolute atomic E-state index is 13.2. The fourth-order valence-electron chi connectivity index (χ4n) is 2.53. The molecule has 1 saturated heterocycles. The van der Waals surface area contributed by atoms with Gasteiger partial charge in [0.05, 0.1) is 4.47 Å². The molecule has 2 rings (SSSR count). The van der Waals surface area contributed by atoms with E-state index in [4.69, 9.17) is 5.73 Å². The summed E-state index contributed by atoms with van der Waals surface area (Å²) < 4.78 is 13.8. The van der Waals surface area contributed by atoms with E-state index in [0.717, 1.165) is 25.1 Å². The van der Waals surface area contributed by atoms with E-state index in [1.807, 2.05) is 12.1 Å². The third-order valence-electron chi connectivity index (χ3n) is 3.98. The number of hydrogen-bond acceptors (Lipinski definition) is 2. The van der Waals surface area contributed by atoms with Crippen molar-refractivity contribution >= 4 is 15.9 Å². The van der Waals surface area contributed by atoms with Gasteiger partial charge in [0.25, 0.3) is 0 Å². The van der Waals surface area contributed by atoms with E-state index in [-0.39, 0.29) is 5.82 Å². The average Bonchev–Trinajstić information content (AvgIpc) is 2.35. The van der Waals surface area contributed by atoms with Crippen LogP contribution >= 0.6 is 15.9 Å². The second-order valence-corrected chi connectivity index (χ2v) is 6.13. The monoisotopic (exact) mass is 314 g/mol. The van der Waals surface area contributed by atoms with Crippen LogP contribution in [0.3, 0.4) is 0 Å². The molecule has 0 amide bonds. The summed E-state index contributed by atoms with van der Waals surface area (Å²) >= 11 is 3.25. The summed E-state index contributed by atoms with van der Waals surface area (Å²) in [6.45, 7) is 6.40. The molecule has 1 aromatic rings. The number of nitrogens with two attached hydrogens (primary N) is 1. The zero-order chi connectivity index (χ0) is 13.3. The van der Waals surface area contributed by atoms with Gasteiger partial charge in [-0.15, -0.1) is 0 Å². The molecule has 1 fully saturated rings. The predicted molar refractivity (Wildman–Crippen MR) is 75.8 cm³/mol. The maximum Gasteiger partial charge on any atom is 0.137 e. The number of likely N-dealkylation sites (tertiary alicyclic amines) is 1. The van der Waals surface area contributed by atoms with Crippen molar-refractivity contribution in [3.63, 3.8) is 0 Å². The van der Waals surface area contributed by atoms with Crippen molar-refractivity contribution in [3.05, 3.63) is 34.1 Å². The second-order valence-electron chi connectivity index (χ2n) is 5.27. The molecule has 1 heterocycles. The van der Waals surface area contributed by atoms with Crippen LogP contribution in [-0.4, -0.2) is 24.0 Å². The van der Waals surface area contributed by atoms with Gasteiger partial charge < -0.3 is 5.73 Å². The lowest BCUT2D eigenvalue weighted by molar-refractivity contribution is 0.124. The summed E-state index contributed by atoms with van der Waals surface area (Å²) in [6, 6.07) is 5.88. The quantitative estimate of drug-likeness (QED) is 0.907. The van der Waals surface area contributed by atoms with Gasteiger partial charge in [0, 0.05) is 25.2 Å². The highest BCUT2D eigenvalue weighted by molar-refractivity contribution is 9.10. The van der Waals surface area contributed by atoms with Crippen LogP contribution in [-0.2, 0) is 0 Å². The van der Waals surface area contributed by atoms with Gasteiger partial charge in [-0.2, -0.15) is 0 Å². The molecule has 2 nitrogen and oxygen atoms in total.